The van der Waals surface area contributed by atoms with E-state index in [1.807, 2.05) is 86.6 Å². The number of hydrogen-bond donors (Lipinski definition) is 1. The summed E-state index contributed by atoms with van der Waals surface area (Å²) < 4.78 is 45.0. The Kier molecular flexibility index (Phi) is 14.5. The Hall–Kier alpha value is -3.02. The van der Waals surface area contributed by atoms with E-state index in [0.29, 0.717) is 10.9 Å². The van der Waals surface area contributed by atoms with Gasteiger partial charge in [-0.15, -0.1) is 0 Å². The van der Waals surface area contributed by atoms with Crippen molar-refractivity contribution < 1.29 is 43.2 Å². The van der Waals surface area contributed by atoms with Crippen molar-refractivity contribution in [3.63, 3.8) is 0 Å². The molecule has 1 N–H and O–H groups in total. The fourth-order valence-corrected chi connectivity index (χ4v) is 9.35. The van der Waals surface area contributed by atoms with Gasteiger partial charge in [0.05, 0.1) is 5.76 Å². The van der Waals surface area contributed by atoms with Crippen LogP contribution in [0, 0.1) is 52.5 Å². The molecular weight excluding hydrogens is 879 g/mol. The molecule has 0 aliphatic heterocycles. The van der Waals surface area contributed by atoms with E-state index in [1.54, 1.807) is 12.3 Å². The van der Waals surface area contributed by atoms with Crippen molar-refractivity contribution in [2.45, 2.75) is 94.2 Å². The summed E-state index contributed by atoms with van der Waals surface area (Å²) in [6.07, 6.45) is 2.14. The molecular formula is C42H47F3IrNO2Se-. The van der Waals surface area contributed by atoms with Crippen molar-refractivity contribution in [1.29, 1.82) is 0 Å². The van der Waals surface area contributed by atoms with E-state index in [9.17, 15) is 23.1 Å². The number of aromatic nitrogens is 1. The number of benzene rings is 3. The fourth-order valence-electron chi connectivity index (χ4n) is 6.79. The van der Waals surface area contributed by atoms with Crippen molar-refractivity contribution in [3.8, 4) is 22.4 Å². The Labute approximate surface area is 314 Å². The first kappa shape index (κ1) is 41.4. The summed E-state index contributed by atoms with van der Waals surface area (Å²) >= 11 is -0.162. The van der Waals surface area contributed by atoms with E-state index < -0.39 is 11.7 Å². The summed E-state index contributed by atoms with van der Waals surface area (Å²) in [7, 11) is 0. The van der Waals surface area contributed by atoms with Crippen LogP contribution in [0.1, 0.15) is 86.8 Å². The average molecular weight is 926 g/mol. The van der Waals surface area contributed by atoms with Gasteiger partial charge in [-0.1, -0.05) is 27.7 Å². The first-order valence-electron chi connectivity index (χ1n) is 17.1. The summed E-state index contributed by atoms with van der Waals surface area (Å²) in [4.78, 5) is 16.4. The van der Waals surface area contributed by atoms with Crippen molar-refractivity contribution in [2.75, 3.05) is 0 Å². The van der Waals surface area contributed by atoms with Crippen molar-refractivity contribution in [1.82, 2.24) is 4.98 Å². The van der Waals surface area contributed by atoms with Crippen LogP contribution in [-0.4, -0.2) is 30.4 Å². The zero-order chi connectivity index (χ0) is 36.2. The van der Waals surface area contributed by atoms with Gasteiger partial charge in [-0.2, -0.15) is 0 Å². The molecule has 5 aromatic rings. The molecule has 3 nitrogen and oxygen atoms in total. The van der Waals surface area contributed by atoms with Crippen molar-refractivity contribution >= 4 is 39.6 Å². The number of ketones is 1. The maximum atomic E-state index is 14.3. The Morgan fingerprint density at radius 1 is 0.860 bits per heavy atom. The molecule has 0 aliphatic rings. The van der Waals surface area contributed by atoms with Crippen LogP contribution in [-0.2, 0) is 31.1 Å². The molecule has 0 atom stereocenters. The number of aryl methyl sites for hydroxylation is 5. The number of carbonyl (C=O) groups excluding carboxylic acids is 1. The summed E-state index contributed by atoms with van der Waals surface area (Å²) in [6, 6.07) is 16.4. The number of pyridine rings is 1. The summed E-state index contributed by atoms with van der Waals surface area (Å²) in [5.74, 6) is 0.547. The minimum atomic E-state index is -4.46. The van der Waals surface area contributed by atoms with Gasteiger partial charge in [0.25, 0.3) is 0 Å². The average Bonchev–Trinajstić information content (AvgIpc) is 3.38. The van der Waals surface area contributed by atoms with E-state index >= 15 is 0 Å². The summed E-state index contributed by atoms with van der Waals surface area (Å²) in [5.41, 5.74) is 6.97. The predicted molar refractivity (Wildman–Crippen MR) is 198 cm³/mol. The van der Waals surface area contributed by atoms with Gasteiger partial charge >= 0.3 is 203 Å². The molecule has 0 aliphatic carbocycles. The van der Waals surface area contributed by atoms with Crippen LogP contribution >= 0.6 is 0 Å². The van der Waals surface area contributed by atoms with Gasteiger partial charge in [0.2, 0.25) is 0 Å². The molecule has 0 bridgehead atoms. The molecule has 0 amide bonds. The van der Waals surface area contributed by atoms with Crippen molar-refractivity contribution in [2.24, 2.45) is 11.8 Å². The predicted octanol–water partition coefficient (Wildman–Crippen LogP) is 12.0. The number of alkyl halides is 3. The topological polar surface area (TPSA) is 50.2 Å². The molecule has 5 rings (SSSR count). The van der Waals surface area contributed by atoms with Crippen LogP contribution in [0.15, 0.2) is 60.5 Å². The van der Waals surface area contributed by atoms with E-state index in [1.165, 1.54) is 12.1 Å². The monoisotopic (exact) mass is 927 g/mol. The molecule has 1 radical (unpaired) electrons. The van der Waals surface area contributed by atoms with Crippen LogP contribution in [0.3, 0.4) is 0 Å². The molecule has 50 heavy (non-hydrogen) atoms. The van der Waals surface area contributed by atoms with Gasteiger partial charge in [0, 0.05) is 38.0 Å². The number of hydrogen-bond acceptors (Lipinski definition) is 3. The van der Waals surface area contributed by atoms with E-state index in [2.05, 4.69) is 17.1 Å². The smallest absolute Gasteiger partial charge is 0 e. The molecule has 269 valence electrons. The number of halogens is 3. The van der Waals surface area contributed by atoms with Crippen LogP contribution in [0.2, 0.25) is 0 Å². The number of nitrogens with zero attached hydrogens (tertiary/aromatic N) is 1. The fraction of sp³-hybridized carbons (Fsp3) is 0.381. The summed E-state index contributed by atoms with van der Waals surface area (Å²) in [6.45, 7) is 17.8. The molecule has 0 spiro atoms. The molecule has 0 saturated carbocycles. The van der Waals surface area contributed by atoms with Gasteiger partial charge in [0.1, 0.15) is 0 Å². The number of aliphatic hydroxyl groups excluding tert-OH is 1. The van der Waals surface area contributed by atoms with Crippen LogP contribution in [0.4, 0.5) is 13.2 Å². The van der Waals surface area contributed by atoms with Gasteiger partial charge < -0.3 is 5.11 Å². The normalized spacial score (nSPS) is 12.0. The third-order valence-corrected chi connectivity index (χ3v) is 11.7. The van der Waals surface area contributed by atoms with Gasteiger partial charge in [-0.3, -0.25) is 4.79 Å². The molecule has 2 aromatic heterocycles. The zero-order valence-corrected chi connectivity index (χ0v) is 34.5. The van der Waals surface area contributed by atoms with Crippen molar-refractivity contribution in [3.05, 3.63) is 99.9 Å². The number of allylic oxidation sites excluding steroid dienone is 2. The first-order valence-corrected chi connectivity index (χ1v) is 18.8. The molecule has 2 heterocycles. The molecule has 8 heteroatoms. The number of aliphatic hydroxyl groups is 1. The molecule has 0 saturated heterocycles. The molecule has 0 unspecified atom stereocenters. The standard InChI is InChI=1S/C29H23F3NSe.C13H24O2.Ir/c1-15-8-16(2)12-20(11-15)27-28-21(6-7-33-27)22-13-24(29(30,31)32)23(14-25(22)34-28)26-18(4)9-17(3)10-19(26)5;1-5-10(6-2)12(14)9-13(15)11(7-3)8-4;/h6-11,13-14H,1-5H3;9-11,14H,5-8H2,1-4H3;/q-1;;/b;12-9-;. The summed E-state index contributed by atoms with van der Waals surface area (Å²) in [5, 5.41) is 11.3. The Bertz CT molecular complexity index is 1960. The van der Waals surface area contributed by atoms with E-state index in [4.69, 9.17) is 0 Å². The quantitative estimate of drug-likeness (QED) is 0.0693. The van der Waals surface area contributed by atoms with E-state index in [0.717, 1.165) is 78.7 Å². The minimum Gasteiger partial charge on any atom is 0 e. The van der Waals surface area contributed by atoms with Gasteiger partial charge in [-0.05, 0) is 25.7 Å². The Morgan fingerprint density at radius 3 is 1.98 bits per heavy atom. The number of rotatable bonds is 9. The van der Waals surface area contributed by atoms with Crippen LogP contribution < -0.4 is 0 Å². The minimum absolute atomic E-state index is 0. The second kappa shape index (κ2) is 17.5. The first-order chi connectivity index (χ1) is 23.1. The second-order valence-electron chi connectivity index (χ2n) is 13.1. The number of carbonyl (C=O) groups is 1. The Balaban J connectivity index is 0.000000361. The van der Waals surface area contributed by atoms with Crippen LogP contribution in [0.25, 0.3) is 41.7 Å². The third kappa shape index (κ3) is 9.25. The second-order valence-corrected chi connectivity index (χ2v) is 15.3. The molecule has 0 fully saturated rings. The maximum absolute atomic E-state index is 14.3. The van der Waals surface area contributed by atoms with Gasteiger partial charge in [-0.25, -0.2) is 0 Å². The SMILES string of the molecule is CCC(CC)C(=O)/C=C(\O)C(CC)CC.Cc1[c-]c(-c2nccc3c2[se]c2cc(-c4c(C)cc(C)cc4C)c(C(F)(F)F)cc23)cc(C)c1.[Ir]. The zero-order valence-electron chi connectivity index (χ0n) is 30.4. The van der Waals surface area contributed by atoms with Gasteiger partial charge in [0.15, 0.2) is 5.78 Å². The van der Waals surface area contributed by atoms with E-state index in [-0.39, 0.29) is 63.6 Å². The third-order valence-electron chi connectivity index (χ3n) is 9.26. The largest absolute Gasteiger partial charge is 0 e. The molecule has 3 aromatic carbocycles. The number of fused-ring (bicyclic) bond motifs is 3. The Morgan fingerprint density at radius 2 is 1.44 bits per heavy atom. The van der Waals surface area contributed by atoms with Crippen LogP contribution in [0.5, 0.6) is 0 Å². The maximum Gasteiger partial charge on any atom is 0 e.